The summed E-state index contributed by atoms with van der Waals surface area (Å²) in [6.45, 7) is 6.91. The zero-order valence-corrected chi connectivity index (χ0v) is 17.6. The standard InChI is InChI=1S/C23H24F3N3O2/c1-15(2)14-29(22(30)17-9-7-16(3)8-10-17)12-11-20-27-21(28-31-20)18-5-4-6-19(13-18)23(24,25)26/h4-10,13,15H,11-12,14H2,1-3H3. The van der Waals surface area contributed by atoms with Crippen molar-refractivity contribution in [3.63, 3.8) is 0 Å². The number of carbonyl (C=O) groups is 1. The van der Waals surface area contributed by atoms with Gasteiger partial charge in [0.2, 0.25) is 11.7 Å². The summed E-state index contributed by atoms with van der Waals surface area (Å²) >= 11 is 0. The van der Waals surface area contributed by atoms with E-state index in [1.54, 1.807) is 17.0 Å². The van der Waals surface area contributed by atoms with Crippen molar-refractivity contribution in [1.29, 1.82) is 0 Å². The van der Waals surface area contributed by atoms with Crippen molar-refractivity contribution in [2.24, 2.45) is 5.92 Å². The van der Waals surface area contributed by atoms with Gasteiger partial charge in [-0.25, -0.2) is 0 Å². The first-order valence-electron chi connectivity index (χ1n) is 9.99. The van der Waals surface area contributed by atoms with E-state index in [-0.39, 0.29) is 29.1 Å². The fourth-order valence-electron chi connectivity index (χ4n) is 3.13. The first-order chi connectivity index (χ1) is 14.6. The van der Waals surface area contributed by atoms with Crippen molar-refractivity contribution in [3.05, 3.63) is 71.1 Å². The molecule has 0 saturated carbocycles. The molecule has 0 spiro atoms. The highest BCUT2D eigenvalue weighted by Crippen LogP contribution is 2.31. The lowest BCUT2D eigenvalue weighted by Gasteiger charge is -2.24. The Morgan fingerprint density at radius 1 is 1.13 bits per heavy atom. The van der Waals surface area contributed by atoms with Gasteiger partial charge in [-0.2, -0.15) is 18.2 Å². The van der Waals surface area contributed by atoms with E-state index in [4.69, 9.17) is 4.52 Å². The maximum absolute atomic E-state index is 12.9. The van der Waals surface area contributed by atoms with Crippen molar-refractivity contribution in [2.75, 3.05) is 13.1 Å². The van der Waals surface area contributed by atoms with Crippen LogP contribution in [0.4, 0.5) is 13.2 Å². The SMILES string of the molecule is Cc1ccc(C(=O)N(CCc2nc(-c3cccc(C(F)(F)F)c3)no2)CC(C)C)cc1. The summed E-state index contributed by atoms with van der Waals surface area (Å²) in [5.74, 6) is 0.517. The Kier molecular flexibility index (Phi) is 6.77. The summed E-state index contributed by atoms with van der Waals surface area (Å²) < 4.78 is 44.0. The minimum Gasteiger partial charge on any atom is -0.339 e. The molecule has 5 nitrogen and oxygen atoms in total. The van der Waals surface area contributed by atoms with E-state index >= 15 is 0 Å². The lowest BCUT2D eigenvalue weighted by molar-refractivity contribution is -0.137. The van der Waals surface area contributed by atoms with Crippen LogP contribution >= 0.6 is 0 Å². The summed E-state index contributed by atoms with van der Waals surface area (Å²) in [5.41, 5.74) is 1.11. The van der Waals surface area contributed by atoms with E-state index in [9.17, 15) is 18.0 Å². The Balaban J connectivity index is 1.72. The monoisotopic (exact) mass is 431 g/mol. The molecule has 0 saturated heterocycles. The van der Waals surface area contributed by atoms with Gasteiger partial charge in [0, 0.05) is 30.6 Å². The van der Waals surface area contributed by atoms with Gasteiger partial charge < -0.3 is 9.42 Å². The van der Waals surface area contributed by atoms with Crippen LogP contribution in [0.5, 0.6) is 0 Å². The van der Waals surface area contributed by atoms with Crippen LogP contribution in [0, 0.1) is 12.8 Å². The molecule has 164 valence electrons. The molecule has 2 aromatic carbocycles. The van der Waals surface area contributed by atoms with E-state index in [2.05, 4.69) is 10.1 Å². The van der Waals surface area contributed by atoms with Crippen LogP contribution in [-0.4, -0.2) is 34.0 Å². The first kappa shape index (κ1) is 22.5. The minimum atomic E-state index is -4.45. The highest BCUT2D eigenvalue weighted by Gasteiger charge is 2.30. The lowest BCUT2D eigenvalue weighted by Crippen LogP contribution is -2.36. The molecule has 0 aliphatic heterocycles. The molecule has 0 aliphatic carbocycles. The molecule has 0 aliphatic rings. The number of benzene rings is 2. The number of carbonyl (C=O) groups excluding carboxylic acids is 1. The van der Waals surface area contributed by atoms with Gasteiger partial charge in [-0.3, -0.25) is 4.79 Å². The van der Waals surface area contributed by atoms with E-state index in [1.165, 1.54) is 12.1 Å². The third-order valence-corrected chi connectivity index (χ3v) is 4.68. The zero-order chi connectivity index (χ0) is 22.6. The average molecular weight is 431 g/mol. The number of aryl methyl sites for hydroxylation is 1. The van der Waals surface area contributed by atoms with Gasteiger partial charge in [-0.05, 0) is 37.1 Å². The molecule has 1 heterocycles. The average Bonchev–Trinajstić information content (AvgIpc) is 3.19. The van der Waals surface area contributed by atoms with Crippen molar-refractivity contribution in [3.8, 4) is 11.4 Å². The molecule has 0 atom stereocenters. The number of rotatable bonds is 7. The van der Waals surface area contributed by atoms with Crippen LogP contribution in [-0.2, 0) is 12.6 Å². The second-order valence-corrected chi connectivity index (χ2v) is 7.85. The summed E-state index contributed by atoms with van der Waals surface area (Å²) in [7, 11) is 0. The van der Waals surface area contributed by atoms with Gasteiger partial charge >= 0.3 is 6.18 Å². The Bertz CT molecular complexity index is 1030. The number of hydrogen-bond acceptors (Lipinski definition) is 4. The zero-order valence-electron chi connectivity index (χ0n) is 17.6. The van der Waals surface area contributed by atoms with Gasteiger partial charge in [0.15, 0.2) is 0 Å². The number of nitrogens with zero attached hydrogens (tertiary/aromatic N) is 3. The number of halogens is 3. The third-order valence-electron chi connectivity index (χ3n) is 4.68. The van der Waals surface area contributed by atoms with Crippen LogP contribution in [0.1, 0.15) is 41.2 Å². The topological polar surface area (TPSA) is 59.2 Å². The summed E-state index contributed by atoms with van der Waals surface area (Å²) in [4.78, 5) is 18.9. The summed E-state index contributed by atoms with van der Waals surface area (Å²) in [6, 6.07) is 12.1. The number of aromatic nitrogens is 2. The Morgan fingerprint density at radius 2 is 1.84 bits per heavy atom. The molecule has 0 fully saturated rings. The molecule has 0 radical (unpaired) electrons. The Hall–Kier alpha value is -3.16. The van der Waals surface area contributed by atoms with Gasteiger partial charge in [-0.1, -0.05) is 48.8 Å². The molecular formula is C23H24F3N3O2. The predicted octanol–water partition coefficient (Wildman–Crippen LogP) is 5.40. The molecule has 0 bridgehead atoms. The normalized spacial score (nSPS) is 11.7. The van der Waals surface area contributed by atoms with Crippen LogP contribution < -0.4 is 0 Å². The summed E-state index contributed by atoms with van der Waals surface area (Å²) in [6.07, 6.45) is -4.15. The molecule has 31 heavy (non-hydrogen) atoms. The molecule has 0 unspecified atom stereocenters. The fourth-order valence-corrected chi connectivity index (χ4v) is 3.13. The van der Waals surface area contributed by atoms with Gasteiger partial charge in [0.1, 0.15) is 0 Å². The largest absolute Gasteiger partial charge is 0.416 e. The highest BCUT2D eigenvalue weighted by molar-refractivity contribution is 5.94. The second-order valence-electron chi connectivity index (χ2n) is 7.85. The smallest absolute Gasteiger partial charge is 0.339 e. The van der Waals surface area contributed by atoms with Gasteiger partial charge in [0.25, 0.3) is 5.91 Å². The van der Waals surface area contributed by atoms with Crippen LogP contribution in [0.25, 0.3) is 11.4 Å². The fraction of sp³-hybridized carbons (Fsp3) is 0.348. The van der Waals surface area contributed by atoms with E-state index < -0.39 is 11.7 Å². The van der Waals surface area contributed by atoms with E-state index in [0.29, 0.717) is 25.1 Å². The third kappa shape index (κ3) is 5.93. The van der Waals surface area contributed by atoms with Crippen molar-refractivity contribution < 1.29 is 22.5 Å². The maximum atomic E-state index is 12.9. The summed E-state index contributed by atoms with van der Waals surface area (Å²) in [5, 5.41) is 3.80. The van der Waals surface area contributed by atoms with Crippen molar-refractivity contribution in [2.45, 2.75) is 33.4 Å². The predicted molar refractivity (Wildman–Crippen MR) is 110 cm³/mol. The van der Waals surface area contributed by atoms with Crippen LogP contribution in [0.15, 0.2) is 53.1 Å². The quantitative estimate of drug-likeness (QED) is 0.502. The molecule has 8 heteroatoms. The highest BCUT2D eigenvalue weighted by atomic mass is 19.4. The Morgan fingerprint density at radius 3 is 2.48 bits per heavy atom. The number of hydrogen-bond donors (Lipinski definition) is 0. The molecular weight excluding hydrogens is 407 g/mol. The minimum absolute atomic E-state index is 0.0846. The second kappa shape index (κ2) is 9.32. The molecule has 1 amide bonds. The van der Waals surface area contributed by atoms with Gasteiger partial charge in [-0.15, -0.1) is 0 Å². The molecule has 1 aromatic heterocycles. The maximum Gasteiger partial charge on any atom is 0.416 e. The van der Waals surface area contributed by atoms with Crippen LogP contribution in [0.2, 0.25) is 0 Å². The van der Waals surface area contributed by atoms with Gasteiger partial charge in [0.05, 0.1) is 5.56 Å². The van der Waals surface area contributed by atoms with Crippen molar-refractivity contribution >= 4 is 5.91 Å². The molecule has 3 rings (SSSR count). The van der Waals surface area contributed by atoms with Crippen molar-refractivity contribution in [1.82, 2.24) is 15.0 Å². The van der Waals surface area contributed by atoms with Crippen LogP contribution in [0.3, 0.4) is 0 Å². The van der Waals surface area contributed by atoms with E-state index in [1.807, 2.05) is 32.9 Å². The molecule has 0 N–H and O–H groups in total. The lowest BCUT2D eigenvalue weighted by atomic mass is 10.1. The van der Waals surface area contributed by atoms with E-state index in [0.717, 1.165) is 17.7 Å². The number of amides is 1. The number of alkyl halides is 3. The first-order valence-corrected chi connectivity index (χ1v) is 9.99. The molecule has 3 aromatic rings. The Labute approximate surface area is 178 Å².